The molecular weight excluding hydrogens is 487 g/mol. The van der Waals surface area contributed by atoms with Gasteiger partial charge in [0.05, 0.1) is 23.6 Å². The second-order valence-corrected chi connectivity index (χ2v) is 10.4. The second kappa shape index (κ2) is 7.71. The molecule has 3 aromatic rings. The minimum absolute atomic E-state index is 0.165. The Morgan fingerprint density at radius 3 is 2.94 bits per heavy atom. The van der Waals surface area contributed by atoms with Crippen LogP contribution in [0.15, 0.2) is 42.1 Å². The van der Waals surface area contributed by atoms with Crippen LogP contribution < -0.4 is 21.5 Å². The maximum Gasteiger partial charge on any atom is 0.175 e. The Morgan fingerprint density at radius 2 is 2.09 bits per heavy atom. The number of nitrogens with two attached hydrogens (primary N) is 1. The van der Waals surface area contributed by atoms with Crippen LogP contribution in [0.1, 0.15) is 34.4 Å². The van der Waals surface area contributed by atoms with Crippen LogP contribution in [0.25, 0.3) is 11.8 Å². The highest BCUT2D eigenvalue weighted by Gasteiger charge is 2.66. The van der Waals surface area contributed by atoms with Gasteiger partial charge in [-0.25, -0.2) is 14.4 Å². The highest BCUT2D eigenvalue weighted by atomic mass is 35.5. The van der Waals surface area contributed by atoms with Gasteiger partial charge in [0.15, 0.2) is 5.82 Å². The number of anilines is 2. The third kappa shape index (κ3) is 3.00. The predicted octanol–water partition coefficient (Wildman–Crippen LogP) is 3.47. The zero-order chi connectivity index (χ0) is 23.7. The van der Waals surface area contributed by atoms with Crippen LogP contribution in [0.2, 0.25) is 0 Å². The van der Waals surface area contributed by atoms with Crippen LogP contribution in [0.5, 0.6) is 0 Å². The Bertz CT molecular complexity index is 1410. The highest BCUT2D eigenvalue weighted by molar-refractivity contribution is 6.99. The van der Waals surface area contributed by atoms with Crippen LogP contribution in [0.3, 0.4) is 0 Å². The summed E-state index contributed by atoms with van der Waals surface area (Å²) in [6.07, 6.45) is 6.61. The van der Waals surface area contributed by atoms with Crippen molar-refractivity contribution in [3.05, 3.63) is 70.6 Å². The number of rotatable bonds is 3. The quantitative estimate of drug-likeness (QED) is 0.462. The molecule has 2 aliphatic carbocycles. The first-order valence-electron chi connectivity index (χ1n) is 11.6. The summed E-state index contributed by atoms with van der Waals surface area (Å²) in [6.45, 7) is 2.05. The molecule has 4 heterocycles. The molecule has 1 saturated carbocycles. The summed E-state index contributed by atoms with van der Waals surface area (Å²) in [5.41, 5.74) is 17.0. The number of hydrazine groups is 1. The van der Waals surface area contributed by atoms with Gasteiger partial charge in [-0.2, -0.15) is 8.75 Å². The Balaban J connectivity index is 1.16. The summed E-state index contributed by atoms with van der Waals surface area (Å²) < 4.78 is 23.3. The predicted molar refractivity (Wildman–Crippen MR) is 134 cm³/mol. The van der Waals surface area contributed by atoms with Gasteiger partial charge in [0.1, 0.15) is 34.1 Å². The maximum absolute atomic E-state index is 14.7. The first-order chi connectivity index (χ1) is 17.1. The summed E-state index contributed by atoms with van der Waals surface area (Å²) >= 11 is 7.87. The molecule has 1 saturated heterocycles. The van der Waals surface area contributed by atoms with E-state index in [4.69, 9.17) is 27.3 Å². The van der Waals surface area contributed by atoms with Crippen molar-refractivity contribution in [2.75, 3.05) is 30.0 Å². The molecule has 2 aliphatic heterocycles. The number of piperidine rings is 1. The van der Waals surface area contributed by atoms with Crippen molar-refractivity contribution >= 4 is 46.7 Å². The molecule has 0 radical (unpaired) electrons. The van der Waals surface area contributed by atoms with Gasteiger partial charge in [-0.3, -0.25) is 10.9 Å². The van der Waals surface area contributed by atoms with E-state index in [2.05, 4.69) is 24.5 Å². The number of nitrogens with zero attached hydrogens (tertiary/aromatic N) is 5. The van der Waals surface area contributed by atoms with E-state index in [0.29, 0.717) is 24.2 Å². The van der Waals surface area contributed by atoms with Crippen molar-refractivity contribution < 1.29 is 4.39 Å². The van der Waals surface area contributed by atoms with Gasteiger partial charge in [0.25, 0.3) is 0 Å². The molecular formula is C24H22ClFN8S. The van der Waals surface area contributed by atoms with Gasteiger partial charge in [0, 0.05) is 30.6 Å². The third-order valence-corrected chi connectivity index (χ3v) is 8.93. The van der Waals surface area contributed by atoms with Crippen molar-refractivity contribution in [3.8, 4) is 0 Å². The number of halogens is 2. The Morgan fingerprint density at radius 1 is 1.20 bits per heavy atom. The standard InChI is InChI=1S/C24H22ClFN8S/c25-19-12(5-6-17-21(19)33-35-32-17)20-22-23(31-30-20)29-18(9-28-22)34-8-7-13-15(10-34)24(13,11-27)14-3-1-2-4-16(14)26/h1-6,9,13,15,19,30H,7-8,10-11,27H2,(H,29,31)/b20-12-/t13-,15+,19?,24-/m1/s1. The third-order valence-electron chi connectivity index (χ3n) is 7.93. The molecule has 178 valence electrons. The van der Waals surface area contributed by atoms with Crippen molar-refractivity contribution in [1.29, 1.82) is 0 Å². The topological polar surface area (TPSA) is 105 Å². The lowest BCUT2D eigenvalue weighted by Gasteiger charge is -2.27. The number of hydrogen-bond acceptors (Lipinski definition) is 9. The fourth-order valence-electron chi connectivity index (χ4n) is 6.13. The van der Waals surface area contributed by atoms with E-state index in [9.17, 15) is 4.39 Å². The Labute approximate surface area is 210 Å². The van der Waals surface area contributed by atoms with E-state index in [-0.39, 0.29) is 11.2 Å². The molecule has 4 atom stereocenters. The van der Waals surface area contributed by atoms with Gasteiger partial charge in [-0.1, -0.05) is 24.3 Å². The molecule has 11 heteroatoms. The number of hydrogen-bond donors (Lipinski definition) is 3. The minimum Gasteiger partial charge on any atom is -0.355 e. The van der Waals surface area contributed by atoms with Crippen molar-refractivity contribution in [1.82, 2.24) is 24.1 Å². The Kier molecular flexibility index (Phi) is 4.67. The van der Waals surface area contributed by atoms with Crippen LogP contribution in [-0.2, 0) is 5.41 Å². The minimum atomic E-state index is -0.415. The van der Waals surface area contributed by atoms with Crippen LogP contribution in [0, 0.1) is 17.7 Å². The Hall–Kier alpha value is -3.08. The molecule has 7 rings (SSSR count). The van der Waals surface area contributed by atoms with Gasteiger partial charge in [-0.15, -0.1) is 11.6 Å². The monoisotopic (exact) mass is 508 g/mol. The lowest BCUT2D eigenvalue weighted by atomic mass is 9.91. The molecule has 4 N–H and O–H groups in total. The zero-order valence-corrected chi connectivity index (χ0v) is 20.2. The largest absolute Gasteiger partial charge is 0.355 e. The molecule has 0 spiro atoms. The van der Waals surface area contributed by atoms with E-state index in [0.717, 1.165) is 71.0 Å². The number of nitrogens with one attached hydrogen (secondary N) is 2. The van der Waals surface area contributed by atoms with E-state index in [1.165, 1.54) is 6.07 Å². The number of benzene rings is 1. The summed E-state index contributed by atoms with van der Waals surface area (Å²) in [4.78, 5) is 11.8. The van der Waals surface area contributed by atoms with Crippen molar-refractivity contribution in [3.63, 3.8) is 0 Å². The molecule has 35 heavy (non-hydrogen) atoms. The van der Waals surface area contributed by atoms with Crippen LogP contribution >= 0.6 is 23.3 Å². The molecule has 0 amide bonds. The SMILES string of the molecule is NC[C@]1(c2ccccc2F)[C@@H]2CCN(c3cnc4c(n3)NN/C4=C3/C=Cc4nsnc4C3Cl)C[C@@H]21. The molecule has 1 aromatic carbocycles. The maximum atomic E-state index is 14.7. The van der Waals surface area contributed by atoms with Crippen LogP contribution in [0.4, 0.5) is 16.0 Å². The average Bonchev–Trinajstić information content (AvgIpc) is 3.18. The van der Waals surface area contributed by atoms with Gasteiger partial charge in [-0.05, 0) is 36.0 Å². The van der Waals surface area contributed by atoms with Gasteiger partial charge < -0.3 is 10.6 Å². The first-order valence-corrected chi connectivity index (χ1v) is 12.8. The molecule has 0 bridgehead atoms. The fourth-order valence-corrected chi connectivity index (χ4v) is 7.10. The number of fused-ring (bicyclic) bond motifs is 3. The lowest BCUT2D eigenvalue weighted by molar-refractivity contribution is 0.533. The summed E-state index contributed by atoms with van der Waals surface area (Å²) in [6, 6.07) is 7.05. The second-order valence-electron chi connectivity index (χ2n) is 9.41. The number of allylic oxidation sites excluding steroid dienone is 2. The molecule has 8 nitrogen and oxygen atoms in total. The summed E-state index contributed by atoms with van der Waals surface area (Å²) in [5.74, 6) is 1.97. The number of aromatic nitrogens is 4. The zero-order valence-electron chi connectivity index (χ0n) is 18.6. The number of alkyl halides is 1. The average molecular weight is 509 g/mol. The fraction of sp³-hybridized carbons (Fsp3) is 0.333. The summed E-state index contributed by atoms with van der Waals surface area (Å²) in [7, 11) is 0. The smallest absolute Gasteiger partial charge is 0.175 e. The van der Waals surface area contributed by atoms with Gasteiger partial charge >= 0.3 is 0 Å². The molecule has 2 fully saturated rings. The van der Waals surface area contributed by atoms with Crippen molar-refractivity contribution in [2.45, 2.75) is 17.2 Å². The van der Waals surface area contributed by atoms with Crippen molar-refractivity contribution in [2.24, 2.45) is 17.6 Å². The van der Waals surface area contributed by atoms with E-state index < -0.39 is 5.38 Å². The van der Waals surface area contributed by atoms with Crippen LogP contribution in [-0.4, -0.2) is 38.3 Å². The van der Waals surface area contributed by atoms with E-state index in [1.54, 1.807) is 12.3 Å². The van der Waals surface area contributed by atoms with E-state index >= 15 is 0 Å². The highest BCUT2D eigenvalue weighted by Crippen LogP contribution is 2.63. The molecule has 2 aromatic heterocycles. The molecule has 4 aliphatic rings. The normalized spacial score (nSPS) is 30.3. The molecule has 1 unspecified atom stereocenters. The first kappa shape index (κ1) is 21.2. The summed E-state index contributed by atoms with van der Waals surface area (Å²) in [5, 5.41) is -0.415. The van der Waals surface area contributed by atoms with Gasteiger partial charge in [0.2, 0.25) is 0 Å². The lowest BCUT2D eigenvalue weighted by Crippen LogP contribution is -2.33. The van der Waals surface area contributed by atoms with E-state index in [1.807, 2.05) is 24.3 Å².